The van der Waals surface area contributed by atoms with Gasteiger partial charge in [0.2, 0.25) is 0 Å². The van der Waals surface area contributed by atoms with Crippen molar-refractivity contribution < 1.29 is 9.90 Å². The summed E-state index contributed by atoms with van der Waals surface area (Å²) < 4.78 is 1.66. The molecule has 0 unspecified atom stereocenters. The van der Waals surface area contributed by atoms with E-state index in [1.807, 2.05) is 18.2 Å². The average molecular weight is 263 g/mol. The van der Waals surface area contributed by atoms with Crippen LogP contribution in [0.25, 0.3) is 5.69 Å². The predicted molar refractivity (Wildman–Crippen MR) is 67.1 cm³/mol. The quantitative estimate of drug-likeness (QED) is 0.925. The van der Waals surface area contributed by atoms with Crippen molar-refractivity contribution in [1.82, 2.24) is 9.78 Å². The van der Waals surface area contributed by atoms with Crippen LogP contribution in [0.5, 0.6) is 0 Å². The van der Waals surface area contributed by atoms with Crippen LogP contribution in [-0.2, 0) is 10.2 Å². The van der Waals surface area contributed by atoms with E-state index in [4.69, 9.17) is 11.6 Å². The van der Waals surface area contributed by atoms with Gasteiger partial charge in [-0.3, -0.25) is 4.79 Å². The van der Waals surface area contributed by atoms with Crippen LogP contribution in [0.2, 0.25) is 5.02 Å². The molecule has 18 heavy (non-hydrogen) atoms. The lowest BCUT2D eigenvalue weighted by Crippen LogP contribution is -2.19. The van der Waals surface area contributed by atoms with Gasteiger partial charge in [0.15, 0.2) is 0 Å². The Labute approximate surface area is 109 Å². The average Bonchev–Trinajstić information content (AvgIpc) is 2.99. The third-order valence-corrected chi connectivity index (χ3v) is 3.71. The second-order valence-electron chi connectivity index (χ2n) is 4.50. The van der Waals surface area contributed by atoms with Gasteiger partial charge in [-0.2, -0.15) is 5.10 Å². The Morgan fingerprint density at radius 2 is 2.22 bits per heavy atom. The van der Waals surface area contributed by atoms with Gasteiger partial charge in [-0.25, -0.2) is 4.68 Å². The zero-order valence-corrected chi connectivity index (χ0v) is 10.3. The summed E-state index contributed by atoms with van der Waals surface area (Å²) in [4.78, 5) is 11.2. The van der Waals surface area contributed by atoms with Gasteiger partial charge in [0.1, 0.15) is 0 Å². The van der Waals surface area contributed by atoms with E-state index < -0.39 is 11.4 Å². The lowest BCUT2D eigenvalue weighted by molar-refractivity contribution is -0.140. The van der Waals surface area contributed by atoms with E-state index in [1.165, 1.54) is 0 Å². The Kier molecular flexibility index (Phi) is 2.41. The number of hydrogen-bond acceptors (Lipinski definition) is 2. The molecule has 1 fully saturated rings. The van der Waals surface area contributed by atoms with E-state index in [2.05, 4.69) is 5.10 Å². The molecule has 0 spiro atoms. The second kappa shape index (κ2) is 3.85. The first kappa shape index (κ1) is 11.3. The summed E-state index contributed by atoms with van der Waals surface area (Å²) in [5, 5.41) is 13.9. The van der Waals surface area contributed by atoms with E-state index in [-0.39, 0.29) is 0 Å². The summed E-state index contributed by atoms with van der Waals surface area (Å²) in [5.41, 5.74) is 0.814. The fraction of sp³-hybridized carbons (Fsp3) is 0.231. The van der Waals surface area contributed by atoms with Crippen molar-refractivity contribution in [2.45, 2.75) is 18.3 Å². The van der Waals surface area contributed by atoms with Crippen molar-refractivity contribution in [2.75, 3.05) is 0 Å². The lowest BCUT2D eigenvalue weighted by atomic mass is 9.96. The van der Waals surface area contributed by atoms with Crippen LogP contribution in [0, 0.1) is 0 Å². The number of halogens is 1. The zero-order chi connectivity index (χ0) is 12.8. The number of hydrogen-bond donors (Lipinski definition) is 1. The number of carboxylic acid groups (broad SMARTS) is 1. The van der Waals surface area contributed by atoms with E-state index in [0.29, 0.717) is 17.9 Å². The lowest BCUT2D eigenvalue weighted by Gasteiger charge is -2.12. The van der Waals surface area contributed by atoms with Crippen LogP contribution in [-0.4, -0.2) is 20.9 Å². The number of rotatable bonds is 3. The van der Waals surface area contributed by atoms with Gasteiger partial charge in [0.25, 0.3) is 0 Å². The fourth-order valence-corrected chi connectivity index (χ4v) is 2.42. The molecular formula is C13H11ClN2O2. The minimum atomic E-state index is -0.773. The van der Waals surface area contributed by atoms with Crippen molar-refractivity contribution in [3.05, 3.63) is 47.2 Å². The molecule has 5 heteroatoms. The summed E-state index contributed by atoms with van der Waals surface area (Å²) >= 11 is 6.21. The Bertz CT molecular complexity index is 603. The van der Waals surface area contributed by atoms with Crippen LogP contribution in [0.15, 0.2) is 36.7 Å². The molecule has 1 aliphatic carbocycles. The molecule has 1 aromatic heterocycles. The first-order chi connectivity index (χ1) is 8.63. The van der Waals surface area contributed by atoms with Crippen molar-refractivity contribution >= 4 is 17.6 Å². The molecule has 1 aliphatic rings. The van der Waals surface area contributed by atoms with Gasteiger partial charge in [-0.1, -0.05) is 17.7 Å². The van der Waals surface area contributed by atoms with Crippen LogP contribution in [0.3, 0.4) is 0 Å². The maximum absolute atomic E-state index is 11.2. The van der Waals surface area contributed by atoms with Crippen molar-refractivity contribution in [1.29, 1.82) is 0 Å². The summed E-state index contributed by atoms with van der Waals surface area (Å²) in [6, 6.07) is 7.18. The molecule has 1 N–H and O–H groups in total. The van der Waals surface area contributed by atoms with E-state index in [0.717, 1.165) is 11.3 Å². The van der Waals surface area contributed by atoms with Crippen molar-refractivity contribution in [2.24, 2.45) is 0 Å². The minimum Gasteiger partial charge on any atom is -0.481 e. The first-order valence-corrected chi connectivity index (χ1v) is 6.05. The molecule has 0 atom stereocenters. The summed E-state index contributed by atoms with van der Waals surface area (Å²) in [5.74, 6) is -0.773. The summed E-state index contributed by atoms with van der Waals surface area (Å²) in [6.45, 7) is 0. The molecule has 0 bridgehead atoms. The van der Waals surface area contributed by atoms with Crippen molar-refractivity contribution in [3.63, 3.8) is 0 Å². The Balaban J connectivity index is 2.03. The smallest absolute Gasteiger partial charge is 0.314 e. The standard InChI is InChI=1S/C13H11ClN2O2/c14-10-8-9(13(4-5-13)12(17)18)2-3-11(10)16-7-1-6-15-16/h1-3,6-8H,4-5H2,(H,17,18). The van der Waals surface area contributed by atoms with E-state index >= 15 is 0 Å². The highest BCUT2D eigenvalue weighted by atomic mass is 35.5. The predicted octanol–water partition coefficient (Wildman–Crippen LogP) is 2.64. The molecular weight excluding hydrogens is 252 g/mol. The molecule has 0 saturated heterocycles. The highest BCUT2D eigenvalue weighted by Crippen LogP contribution is 2.49. The Hall–Kier alpha value is -1.81. The molecule has 0 radical (unpaired) electrons. The molecule has 3 rings (SSSR count). The van der Waals surface area contributed by atoms with Gasteiger partial charge in [0.05, 0.1) is 16.1 Å². The van der Waals surface area contributed by atoms with E-state index in [9.17, 15) is 9.90 Å². The third kappa shape index (κ3) is 1.61. The van der Waals surface area contributed by atoms with Gasteiger partial charge >= 0.3 is 5.97 Å². The van der Waals surface area contributed by atoms with Crippen LogP contribution < -0.4 is 0 Å². The number of aliphatic carboxylic acids is 1. The van der Waals surface area contributed by atoms with Gasteiger partial charge < -0.3 is 5.11 Å². The molecule has 1 heterocycles. The minimum absolute atomic E-state index is 0.517. The summed E-state index contributed by atoms with van der Waals surface area (Å²) in [6.07, 6.45) is 4.83. The Morgan fingerprint density at radius 3 is 2.72 bits per heavy atom. The normalized spacial score (nSPS) is 16.5. The molecule has 0 aliphatic heterocycles. The van der Waals surface area contributed by atoms with Gasteiger partial charge in [0, 0.05) is 12.4 Å². The van der Waals surface area contributed by atoms with E-state index in [1.54, 1.807) is 23.1 Å². The molecule has 92 valence electrons. The molecule has 4 nitrogen and oxygen atoms in total. The SMILES string of the molecule is O=C(O)C1(c2ccc(-n3cccn3)c(Cl)c2)CC1. The second-order valence-corrected chi connectivity index (χ2v) is 4.91. The van der Waals surface area contributed by atoms with Crippen LogP contribution in [0.1, 0.15) is 18.4 Å². The molecule has 1 saturated carbocycles. The number of carboxylic acids is 1. The zero-order valence-electron chi connectivity index (χ0n) is 9.51. The fourth-order valence-electron chi connectivity index (χ4n) is 2.15. The van der Waals surface area contributed by atoms with Crippen LogP contribution in [0.4, 0.5) is 0 Å². The number of benzene rings is 1. The summed E-state index contributed by atoms with van der Waals surface area (Å²) in [7, 11) is 0. The maximum Gasteiger partial charge on any atom is 0.314 e. The molecule has 1 aromatic carbocycles. The number of nitrogens with zero attached hydrogens (tertiary/aromatic N) is 2. The van der Waals surface area contributed by atoms with Gasteiger partial charge in [-0.15, -0.1) is 0 Å². The Morgan fingerprint density at radius 1 is 1.44 bits per heavy atom. The first-order valence-electron chi connectivity index (χ1n) is 5.67. The molecule has 2 aromatic rings. The van der Waals surface area contributed by atoms with Gasteiger partial charge in [-0.05, 0) is 36.6 Å². The monoisotopic (exact) mass is 262 g/mol. The topological polar surface area (TPSA) is 55.1 Å². The largest absolute Gasteiger partial charge is 0.481 e. The van der Waals surface area contributed by atoms with Crippen molar-refractivity contribution in [3.8, 4) is 5.69 Å². The highest BCUT2D eigenvalue weighted by molar-refractivity contribution is 6.32. The molecule has 0 amide bonds. The maximum atomic E-state index is 11.2. The number of carbonyl (C=O) groups is 1. The van der Waals surface area contributed by atoms with Crippen LogP contribution >= 0.6 is 11.6 Å². The highest BCUT2D eigenvalue weighted by Gasteiger charge is 2.51. The number of aromatic nitrogens is 2. The third-order valence-electron chi connectivity index (χ3n) is 3.41.